The van der Waals surface area contributed by atoms with Gasteiger partial charge < -0.3 is 5.11 Å². The van der Waals surface area contributed by atoms with Gasteiger partial charge in [0.15, 0.2) is 0 Å². The van der Waals surface area contributed by atoms with Crippen molar-refractivity contribution in [3.63, 3.8) is 0 Å². The number of hydrogen-bond acceptors (Lipinski definition) is 1. The molecule has 13 heavy (non-hydrogen) atoms. The Bertz CT molecular complexity index is 213. The zero-order valence-corrected chi connectivity index (χ0v) is 8.55. The first-order chi connectivity index (χ1) is 6.22. The molecule has 0 aromatic carbocycles. The van der Waals surface area contributed by atoms with Crippen LogP contribution in [0.25, 0.3) is 0 Å². The van der Waals surface area contributed by atoms with Crippen LogP contribution in [0.3, 0.4) is 0 Å². The van der Waals surface area contributed by atoms with Gasteiger partial charge in [0.2, 0.25) is 0 Å². The lowest BCUT2D eigenvalue weighted by Gasteiger charge is -2.57. The summed E-state index contributed by atoms with van der Waals surface area (Å²) in [5.74, 6) is 0. The SMILES string of the molecule is C/C=C\C1(O)CCC12CCCCC2. The second-order valence-corrected chi connectivity index (χ2v) is 4.77. The summed E-state index contributed by atoms with van der Waals surface area (Å²) in [7, 11) is 0. The molecule has 0 aromatic heterocycles. The van der Waals surface area contributed by atoms with Gasteiger partial charge in [0.05, 0.1) is 5.60 Å². The highest BCUT2D eigenvalue weighted by molar-refractivity contribution is 5.18. The molecule has 0 radical (unpaired) electrons. The van der Waals surface area contributed by atoms with Crippen LogP contribution in [-0.2, 0) is 0 Å². The van der Waals surface area contributed by atoms with E-state index in [0.717, 1.165) is 6.42 Å². The van der Waals surface area contributed by atoms with Gasteiger partial charge in [-0.1, -0.05) is 31.4 Å². The summed E-state index contributed by atoms with van der Waals surface area (Å²) >= 11 is 0. The minimum Gasteiger partial charge on any atom is -0.385 e. The largest absolute Gasteiger partial charge is 0.385 e. The average molecular weight is 180 g/mol. The molecule has 2 fully saturated rings. The number of allylic oxidation sites excluding steroid dienone is 1. The highest BCUT2D eigenvalue weighted by Gasteiger charge is 2.55. The number of aliphatic hydroxyl groups is 1. The maximum atomic E-state index is 10.4. The Hall–Kier alpha value is -0.300. The fourth-order valence-corrected chi connectivity index (χ4v) is 3.18. The Morgan fingerprint density at radius 2 is 1.69 bits per heavy atom. The van der Waals surface area contributed by atoms with Crippen molar-refractivity contribution in [3.8, 4) is 0 Å². The molecule has 2 saturated carbocycles. The minimum atomic E-state index is -0.442. The minimum absolute atomic E-state index is 0.276. The Balaban J connectivity index is 2.13. The molecule has 1 spiro atoms. The molecule has 0 heterocycles. The Kier molecular flexibility index (Phi) is 2.23. The highest BCUT2D eigenvalue weighted by atomic mass is 16.3. The number of hydrogen-bond donors (Lipinski definition) is 1. The van der Waals surface area contributed by atoms with Gasteiger partial charge in [-0.3, -0.25) is 0 Å². The molecule has 1 heteroatoms. The molecule has 0 aromatic rings. The van der Waals surface area contributed by atoms with Crippen molar-refractivity contribution in [2.75, 3.05) is 0 Å². The fraction of sp³-hybridized carbons (Fsp3) is 0.833. The van der Waals surface area contributed by atoms with Crippen LogP contribution in [0.2, 0.25) is 0 Å². The molecule has 1 N–H and O–H groups in total. The van der Waals surface area contributed by atoms with Crippen LogP contribution in [-0.4, -0.2) is 10.7 Å². The monoisotopic (exact) mass is 180 g/mol. The van der Waals surface area contributed by atoms with Crippen LogP contribution in [0.5, 0.6) is 0 Å². The summed E-state index contributed by atoms with van der Waals surface area (Å²) in [6, 6.07) is 0. The van der Waals surface area contributed by atoms with Crippen LogP contribution in [0.4, 0.5) is 0 Å². The van der Waals surface area contributed by atoms with Gasteiger partial charge >= 0.3 is 0 Å². The molecule has 74 valence electrons. The van der Waals surface area contributed by atoms with E-state index in [2.05, 4.69) is 0 Å². The summed E-state index contributed by atoms with van der Waals surface area (Å²) in [6.07, 6.45) is 12.8. The first-order valence-electron chi connectivity index (χ1n) is 5.59. The molecule has 2 rings (SSSR count). The first-order valence-corrected chi connectivity index (χ1v) is 5.59. The summed E-state index contributed by atoms with van der Waals surface area (Å²) < 4.78 is 0. The summed E-state index contributed by atoms with van der Waals surface area (Å²) in [4.78, 5) is 0. The van der Waals surface area contributed by atoms with Gasteiger partial charge in [0.25, 0.3) is 0 Å². The van der Waals surface area contributed by atoms with Gasteiger partial charge in [0, 0.05) is 5.41 Å². The van der Waals surface area contributed by atoms with Gasteiger partial charge in [0.1, 0.15) is 0 Å². The highest BCUT2D eigenvalue weighted by Crippen LogP contribution is 2.58. The van der Waals surface area contributed by atoms with E-state index < -0.39 is 5.60 Å². The van der Waals surface area contributed by atoms with E-state index in [9.17, 15) is 5.11 Å². The van der Waals surface area contributed by atoms with Crippen LogP contribution >= 0.6 is 0 Å². The Morgan fingerprint density at radius 3 is 2.15 bits per heavy atom. The standard InChI is InChI=1S/C12H20O/c1-2-6-12(13)10-9-11(12)7-4-3-5-8-11/h2,6,13H,3-5,7-10H2,1H3/b6-2-. The lowest BCUT2D eigenvalue weighted by atomic mass is 9.51. The van der Waals surface area contributed by atoms with E-state index in [1.807, 2.05) is 19.1 Å². The van der Waals surface area contributed by atoms with E-state index in [0.29, 0.717) is 0 Å². The summed E-state index contributed by atoms with van der Waals surface area (Å²) in [5.41, 5.74) is -0.167. The smallest absolute Gasteiger partial charge is 0.0883 e. The van der Waals surface area contributed by atoms with Crippen molar-refractivity contribution in [1.82, 2.24) is 0 Å². The third-order valence-electron chi connectivity index (χ3n) is 4.16. The molecule has 2 aliphatic carbocycles. The van der Waals surface area contributed by atoms with Gasteiger partial charge in [-0.25, -0.2) is 0 Å². The second kappa shape index (κ2) is 3.13. The van der Waals surface area contributed by atoms with E-state index in [4.69, 9.17) is 0 Å². The zero-order chi connectivity index (χ0) is 9.36. The van der Waals surface area contributed by atoms with Gasteiger partial charge in [-0.05, 0) is 32.6 Å². The molecule has 1 atom stereocenters. The molecule has 2 aliphatic rings. The molecule has 1 nitrogen and oxygen atoms in total. The second-order valence-electron chi connectivity index (χ2n) is 4.77. The van der Waals surface area contributed by atoms with Crippen molar-refractivity contribution in [3.05, 3.63) is 12.2 Å². The van der Waals surface area contributed by atoms with Crippen LogP contribution in [0.15, 0.2) is 12.2 Å². The predicted octanol–water partition coefficient (Wildman–Crippen LogP) is 3.04. The Morgan fingerprint density at radius 1 is 1.00 bits per heavy atom. The summed E-state index contributed by atoms with van der Waals surface area (Å²) in [5, 5.41) is 10.4. The zero-order valence-electron chi connectivity index (χ0n) is 8.55. The van der Waals surface area contributed by atoms with Gasteiger partial charge in [-0.15, -0.1) is 0 Å². The third-order valence-corrected chi connectivity index (χ3v) is 4.16. The average Bonchev–Trinajstić information content (AvgIpc) is 2.18. The fourth-order valence-electron chi connectivity index (χ4n) is 3.18. The lowest BCUT2D eigenvalue weighted by Crippen LogP contribution is -2.56. The van der Waals surface area contributed by atoms with Crippen LogP contribution in [0, 0.1) is 5.41 Å². The quantitative estimate of drug-likeness (QED) is 0.615. The van der Waals surface area contributed by atoms with Crippen molar-refractivity contribution >= 4 is 0 Å². The summed E-state index contributed by atoms with van der Waals surface area (Å²) in [6.45, 7) is 2.01. The van der Waals surface area contributed by atoms with Gasteiger partial charge in [-0.2, -0.15) is 0 Å². The third kappa shape index (κ3) is 1.25. The molecule has 0 saturated heterocycles. The van der Waals surface area contributed by atoms with Crippen LogP contribution < -0.4 is 0 Å². The van der Waals surface area contributed by atoms with Crippen LogP contribution in [0.1, 0.15) is 51.9 Å². The molecular weight excluding hydrogens is 160 g/mol. The predicted molar refractivity (Wildman–Crippen MR) is 54.5 cm³/mol. The maximum Gasteiger partial charge on any atom is 0.0883 e. The Labute approximate surface area is 80.8 Å². The van der Waals surface area contributed by atoms with Crippen molar-refractivity contribution in [1.29, 1.82) is 0 Å². The van der Waals surface area contributed by atoms with E-state index in [1.54, 1.807) is 0 Å². The van der Waals surface area contributed by atoms with Crippen molar-refractivity contribution < 1.29 is 5.11 Å². The van der Waals surface area contributed by atoms with E-state index >= 15 is 0 Å². The molecule has 0 aliphatic heterocycles. The normalized spacial score (nSPS) is 38.0. The maximum absolute atomic E-state index is 10.4. The van der Waals surface area contributed by atoms with E-state index in [-0.39, 0.29) is 5.41 Å². The topological polar surface area (TPSA) is 20.2 Å². The van der Waals surface area contributed by atoms with Crippen molar-refractivity contribution in [2.24, 2.45) is 5.41 Å². The molecule has 0 amide bonds. The molecule has 0 bridgehead atoms. The molecule has 1 unspecified atom stereocenters. The first kappa shape index (κ1) is 9.26. The molecular formula is C12H20O. The van der Waals surface area contributed by atoms with E-state index in [1.165, 1.54) is 38.5 Å². The lowest BCUT2D eigenvalue weighted by molar-refractivity contribution is -0.148. The van der Waals surface area contributed by atoms with Crippen molar-refractivity contribution in [2.45, 2.75) is 57.5 Å². The number of rotatable bonds is 1.